The van der Waals surface area contributed by atoms with Gasteiger partial charge in [-0.1, -0.05) is 13.8 Å². The van der Waals surface area contributed by atoms with Gasteiger partial charge in [0.25, 0.3) is 0 Å². The number of hydrogen-bond acceptors (Lipinski definition) is 5. The van der Waals surface area contributed by atoms with Crippen molar-refractivity contribution in [3.8, 4) is 6.07 Å². The van der Waals surface area contributed by atoms with E-state index in [0.29, 0.717) is 19.6 Å². The maximum atomic E-state index is 12.8. The minimum Gasteiger partial charge on any atom is -0.383 e. The zero-order valence-corrected chi connectivity index (χ0v) is 15.5. The Balaban J connectivity index is 2.01. The molecule has 2 aliphatic heterocycles. The van der Waals surface area contributed by atoms with Gasteiger partial charge in [-0.05, 0) is 31.1 Å². The summed E-state index contributed by atoms with van der Waals surface area (Å²) in [6, 6.07) is 1.09. The van der Waals surface area contributed by atoms with Gasteiger partial charge in [-0.2, -0.15) is 5.26 Å². The fraction of sp³-hybridized carbons (Fsp3) is 0.833. The number of rotatable bonds is 6. The van der Waals surface area contributed by atoms with Gasteiger partial charge >= 0.3 is 0 Å². The van der Waals surface area contributed by atoms with Crippen molar-refractivity contribution in [1.82, 2.24) is 9.80 Å². The first-order chi connectivity index (χ1) is 11.8. The van der Waals surface area contributed by atoms with E-state index >= 15 is 0 Å². The lowest BCUT2D eigenvalue weighted by Gasteiger charge is -2.35. The zero-order chi connectivity index (χ0) is 18.6. The third-order valence-electron chi connectivity index (χ3n) is 5.46. The van der Waals surface area contributed by atoms with Gasteiger partial charge in [-0.3, -0.25) is 9.59 Å². The number of methoxy groups -OCH3 is 1. The SMILES string of the molecule is COCC1CCCN1C(=O)CC(C)(C)C(N)C(=O)N1CCC[C@H]1C#N. The topological polar surface area (TPSA) is 99.7 Å². The predicted molar refractivity (Wildman–Crippen MR) is 93.3 cm³/mol. The molecule has 2 N–H and O–H groups in total. The number of nitriles is 1. The van der Waals surface area contributed by atoms with E-state index in [-0.39, 0.29) is 24.3 Å². The summed E-state index contributed by atoms with van der Waals surface area (Å²) in [5.74, 6) is -0.206. The van der Waals surface area contributed by atoms with Crippen LogP contribution in [0.2, 0.25) is 0 Å². The van der Waals surface area contributed by atoms with E-state index in [9.17, 15) is 14.9 Å². The summed E-state index contributed by atoms with van der Waals surface area (Å²) in [6.45, 7) is 5.54. The molecule has 2 aliphatic rings. The molecule has 0 aromatic rings. The number of nitrogens with zero attached hydrogens (tertiary/aromatic N) is 3. The van der Waals surface area contributed by atoms with Gasteiger partial charge in [-0.15, -0.1) is 0 Å². The Kier molecular flexibility index (Phi) is 6.42. The Morgan fingerprint density at radius 3 is 2.56 bits per heavy atom. The normalized spacial score (nSPS) is 25.1. The fourth-order valence-electron chi connectivity index (χ4n) is 3.81. The van der Waals surface area contributed by atoms with Gasteiger partial charge < -0.3 is 20.3 Å². The van der Waals surface area contributed by atoms with E-state index < -0.39 is 17.5 Å². The molecule has 0 aromatic heterocycles. The van der Waals surface area contributed by atoms with Crippen molar-refractivity contribution in [3.63, 3.8) is 0 Å². The number of ether oxygens (including phenoxy) is 1. The van der Waals surface area contributed by atoms with Crippen molar-refractivity contribution in [2.24, 2.45) is 11.1 Å². The van der Waals surface area contributed by atoms with Crippen molar-refractivity contribution in [2.75, 3.05) is 26.8 Å². The quantitative estimate of drug-likeness (QED) is 0.766. The van der Waals surface area contributed by atoms with Gasteiger partial charge in [0, 0.05) is 26.6 Å². The highest BCUT2D eigenvalue weighted by Crippen LogP contribution is 2.30. The van der Waals surface area contributed by atoms with Gasteiger partial charge in [-0.25, -0.2) is 0 Å². The molecule has 7 nitrogen and oxygen atoms in total. The van der Waals surface area contributed by atoms with E-state index in [0.717, 1.165) is 25.8 Å². The Labute approximate surface area is 150 Å². The largest absolute Gasteiger partial charge is 0.383 e. The summed E-state index contributed by atoms with van der Waals surface area (Å²) in [5.41, 5.74) is 5.57. The van der Waals surface area contributed by atoms with Crippen LogP contribution in [-0.2, 0) is 14.3 Å². The number of carbonyl (C=O) groups excluding carboxylic acids is 2. The molecule has 2 rings (SSSR count). The number of amides is 2. The van der Waals surface area contributed by atoms with Crippen molar-refractivity contribution in [3.05, 3.63) is 0 Å². The summed E-state index contributed by atoms with van der Waals surface area (Å²) in [6.07, 6.45) is 3.65. The summed E-state index contributed by atoms with van der Waals surface area (Å²) < 4.78 is 5.20. The third kappa shape index (κ3) is 4.31. The monoisotopic (exact) mass is 350 g/mol. The van der Waals surface area contributed by atoms with Crippen molar-refractivity contribution >= 4 is 11.8 Å². The zero-order valence-electron chi connectivity index (χ0n) is 15.5. The van der Waals surface area contributed by atoms with Crippen molar-refractivity contribution in [2.45, 2.75) is 64.1 Å². The van der Waals surface area contributed by atoms with Crippen LogP contribution in [0.1, 0.15) is 46.0 Å². The standard InChI is InChI=1S/C18H30N4O3/c1-18(2,10-15(23)21-8-5-7-14(21)12-25-3)16(20)17(24)22-9-4-6-13(22)11-19/h13-14,16H,4-10,12,20H2,1-3H3/t13-,14?,16?/m0/s1. The molecule has 0 radical (unpaired) electrons. The average molecular weight is 350 g/mol. The molecular weight excluding hydrogens is 320 g/mol. The van der Waals surface area contributed by atoms with Crippen molar-refractivity contribution < 1.29 is 14.3 Å². The second-order valence-corrected chi connectivity index (χ2v) is 7.80. The van der Waals surface area contributed by atoms with Crippen LogP contribution in [-0.4, -0.2) is 66.5 Å². The highest BCUT2D eigenvalue weighted by Gasteiger charge is 2.41. The molecule has 3 atom stereocenters. The molecule has 0 spiro atoms. The Hall–Kier alpha value is -1.65. The number of carbonyl (C=O) groups is 2. The number of hydrogen-bond donors (Lipinski definition) is 1. The molecule has 0 aromatic carbocycles. The third-order valence-corrected chi connectivity index (χ3v) is 5.46. The molecule has 2 unspecified atom stereocenters. The predicted octanol–water partition coefficient (Wildman–Crippen LogP) is 0.882. The fourth-order valence-corrected chi connectivity index (χ4v) is 3.81. The molecular formula is C18H30N4O3. The Morgan fingerprint density at radius 2 is 1.92 bits per heavy atom. The Morgan fingerprint density at radius 1 is 1.28 bits per heavy atom. The molecule has 2 amide bonds. The van der Waals surface area contributed by atoms with E-state index in [1.165, 1.54) is 0 Å². The van der Waals surface area contributed by atoms with Gasteiger partial charge in [0.05, 0.1) is 24.8 Å². The van der Waals surface area contributed by atoms with Gasteiger partial charge in [0.1, 0.15) is 6.04 Å². The lowest BCUT2D eigenvalue weighted by molar-refractivity contribution is -0.139. The number of nitrogens with two attached hydrogens (primary N) is 1. The van der Waals surface area contributed by atoms with Crippen molar-refractivity contribution in [1.29, 1.82) is 5.26 Å². The number of likely N-dealkylation sites (tertiary alicyclic amines) is 2. The smallest absolute Gasteiger partial charge is 0.241 e. The Bertz CT molecular complexity index is 543. The molecule has 0 bridgehead atoms. The minimum atomic E-state index is -0.797. The first-order valence-corrected chi connectivity index (χ1v) is 9.06. The summed E-state index contributed by atoms with van der Waals surface area (Å²) in [7, 11) is 1.64. The molecule has 25 heavy (non-hydrogen) atoms. The van der Waals surface area contributed by atoms with Crippen LogP contribution in [0, 0.1) is 16.7 Å². The highest BCUT2D eigenvalue weighted by molar-refractivity contribution is 5.85. The lowest BCUT2D eigenvalue weighted by Crippen LogP contribution is -2.54. The first kappa shape index (κ1) is 19.7. The maximum Gasteiger partial charge on any atom is 0.241 e. The lowest BCUT2D eigenvalue weighted by atomic mass is 9.80. The summed E-state index contributed by atoms with van der Waals surface area (Å²) in [4.78, 5) is 28.9. The van der Waals surface area contributed by atoms with Crippen LogP contribution in [0.3, 0.4) is 0 Å². The van der Waals surface area contributed by atoms with E-state index in [1.54, 1.807) is 12.0 Å². The van der Waals surface area contributed by atoms with Gasteiger partial charge in [0.2, 0.25) is 11.8 Å². The van der Waals surface area contributed by atoms with Crippen LogP contribution in [0.25, 0.3) is 0 Å². The van der Waals surface area contributed by atoms with Crippen LogP contribution >= 0.6 is 0 Å². The van der Waals surface area contributed by atoms with Gasteiger partial charge in [0.15, 0.2) is 0 Å². The molecule has 2 heterocycles. The maximum absolute atomic E-state index is 12.8. The minimum absolute atomic E-state index is 0.0195. The van der Waals surface area contributed by atoms with E-state index in [2.05, 4.69) is 6.07 Å². The van der Waals surface area contributed by atoms with Crippen LogP contribution in [0.4, 0.5) is 0 Å². The first-order valence-electron chi connectivity index (χ1n) is 9.06. The summed E-state index contributed by atoms with van der Waals surface area (Å²) in [5, 5.41) is 9.18. The average Bonchev–Trinajstić information content (AvgIpc) is 3.22. The van der Waals surface area contributed by atoms with Crippen LogP contribution < -0.4 is 5.73 Å². The molecule has 0 saturated carbocycles. The van der Waals surface area contributed by atoms with E-state index in [1.807, 2.05) is 18.7 Å². The summed E-state index contributed by atoms with van der Waals surface area (Å²) >= 11 is 0. The van der Waals surface area contributed by atoms with E-state index in [4.69, 9.17) is 10.5 Å². The molecule has 2 saturated heterocycles. The molecule has 2 fully saturated rings. The highest BCUT2D eigenvalue weighted by atomic mass is 16.5. The molecule has 0 aliphatic carbocycles. The second-order valence-electron chi connectivity index (χ2n) is 7.80. The molecule has 140 valence electrons. The molecule has 7 heteroatoms. The van der Waals surface area contributed by atoms with Crippen LogP contribution in [0.5, 0.6) is 0 Å². The second kappa shape index (κ2) is 8.15. The van der Waals surface area contributed by atoms with Crippen LogP contribution in [0.15, 0.2) is 0 Å².